The third-order valence-corrected chi connectivity index (χ3v) is 4.16. The lowest BCUT2D eigenvalue weighted by molar-refractivity contribution is 0.112. The number of carbonyl (C=O) groups is 1. The van der Waals surface area contributed by atoms with Crippen molar-refractivity contribution in [1.82, 2.24) is 9.97 Å². The quantitative estimate of drug-likeness (QED) is 0.746. The monoisotopic (exact) mass is 303 g/mol. The van der Waals surface area contributed by atoms with Crippen molar-refractivity contribution < 1.29 is 4.79 Å². The number of rotatable bonds is 3. The van der Waals surface area contributed by atoms with Gasteiger partial charge in [-0.15, -0.1) is 11.3 Å². The van der Waals surface area contributed by atoms with Crippen LogP contribution in [-0.2, 0) is 0 Å². The summed E-state index contributed by atoms with van der Waals surface area (Å²) in [6.45, 7) is 0. The summed E-state index contributed by atoms with van der Waals surface area (Å²) in [4.78, 5) is 21.2. The van der Waals surface area contributed by atoms with Crippen LogP contribution in [0.2, 0.25) is 5.02 Å². The molecule has 2 aromatic heterocycles. The number of aromatic nitrogens is 2. The molecule has 0 aliphatic heterocycles. The summed E-state index contributed by atoms with van der Waals surface area (Å²) in [5, 5.41) is 4.39. The molecule has 0 aliphatic carbocycles. The van der Waals surface area contributed by atoms with E-state index in [-0.39, 0.29) is 0 Å². The highest BCUT2D eigenvalue weighted by molar-refractivity contribution is 7.20. The molecule has 3 aromatic rings. The van der Waals surface area contributed by atoms with Gasteiger partial charge in [0.15, 0.2) is 6.29 Å². The summed E-state index contributed by atoms with van der Waals surface area (Å²) in [5.74, 6) is 0.506. The van der Waals surface area contributed by atoms with Gasteiger partial charge in [0.25, 0.3) is 0 Å². The molecule has 1 N–H and O–H groups in total. The molecule has 0 saturated heterocycles. The summed E-state index contributed by atoms with van der Waals surface area (Å²) in [6.07, 6.45) is 0.821. The fraction of sp³-hybridized carbons (Fsp3) is 0.0714. The summed E-state index contributed by atoms with van der Waals surface area (Å²) < 4.78 is 0. The summed E-state index contributed by atoms with van der Waals surface area (Å²) in [7, 11) is 1.76. The van der Waals surface area contributed by atoms with Gasteiger partial charge in [-0.1, -0.05) is 29.8 Å². The van der Waals surface area contributed by atoms with Crippen molar-refractivity contribution in [2.75, 3.05) is 12.4 Å². The van der Waals surface area contributed by atoms with Crippen molar-refractivity contribution in [3.05, 3.63) is 40.2 Å². The molecule has 0 bridgehead atoms. The van der Waals surface area contributed by atoms with E-state index in [1.807, 2.05) is 24.3 Å². The highest BCUT2D eigenvalue weighted by atomic mass is 35.5. The average molecular weight is 304 g/mol. The number of hydrogen-bond donors (Lipinski definition) is 1. The number of aldehydes is 1. The average Bonchev–Trinajstić information content (AvgIpc) is 2.90. The van der Waals surface area contributed by atoms with E-state index in [0.717, 1.165) is 27.8 Å². The van der Waals surface area contributed by atoms with Gasteiger partial charge in [-0.2, -0.15) is 0 Å². The Balaban J connectivity index is 2.35. The second kappa shape index (κ2) is 5.19. The minimum Gasteiger partial charge on any atom is -0.357 e. The Kier molecular flexibility index (Phi) is 3.38. The second-order valence-electron chi connectivity index (χ2n) is 4.11. The van der Waals surface area contributed by atoms with Crippen molar-refractivity contribution in [2.24, 2.45) is 0 Å². The van der Waals surface area contributed by atoms with Crippen molar-refractivity contribution >= 4 is 45.4 Å². The summed E-state index contributed by atoms with van der Waals surface area (Å²) in [5.41, 5.74) is 1.56. The highest BCUT2D eigenvalue weighted by Crippen LogP contribution is 2.35. The number of carbonyl (C=O) groups excluding carboxylic acids is 1. The number of benzene rings is 1. The van der Waals surface area contributed by atoms with E-state index in [0.29, 0.717) is 15.8 Å². The maximum Gasteiger partial charge on any atom is 0.224 e. The van der Waals surface area contributed by atoms with E-state index in [9.17, 15) is 4.79 Å². The Bertz CT molecular complexity index is 800. The molecule has 0 spiro atoms. The number of halogens is 1. The van der Waals surface area contributed by atoms with Gasteiger partial charge in [0.2, 0.25) is 5.95 Å². The van der Waals surface area contributed by atoms with Gasteiger partial charge in [0.05, 0.1) is 10.6 Å². The Morgan fingerprint density at radius 3 is 2.80 bits per heavy atom. The molecule has 6 heteroatoms. The molecule has 100 valence electrons. The maximum atomic E-state index is 11.0. The summed E-state index contributed by atoms with van der Waals surface area (Å²) in [6, 6.07) is 9.29. The van der Waals surface area contributed by atoms with E-state index >= 15 is 0 Å². The van der Waals surface area contributed by atoms with E-state index in [4.69, 9.17) is 11.6 Å². The number of anilines is 1. The van der Waals surface area contributed by atoms with Crippen molar-refractivity contribution in [2.45, 2.75) is 0 Å². The Morgan fingerprint density at radius 1 is 1.30 bits per heavy atom. The van der Waals surface area contributed by atoms with E-state index in [1.165, 1.54) is 11.3 Å². The molecule has 0 atom stereocenters. The molecule has 0 saturated carbocycles. The molecule has 3 rings (SSSR count). The topological polar surface area (TPSA) is 54.9 Å². The molecule has 20 heavy (non-hydrogen) atoms. The highest BCUT2D eigenvalue weighted by Gasteiger charge is 2.14. The second-order valence-corrected chi connectivity index (χ2v) is 5.58. The first-order chi connectivity index (χ1) is 9.72. The number of hydrogen-bond acceptors (Lipinski definition) is 5. The molecule has 0 radical (unpaired) electrons. The first-order valence-corrected chi connectivity index (χ1v) is 7.12. The van der Waals surface area contributed by atoms with Gasteiger partial charge in [-0.3, -0.25) is 4.79 Å². The minimum absolute atomic E-state index is 0.506. The molecule has 2 heterocycles. The first kappa shape index (κ1) is 13.0. The lowest BCUT2D eigenvalue weighted by Gasteiger charge is -2.07. The lowest BCUT2D eigenvalue weighted by Crippen LogP contribution is -1.97. The number of nitrogens with one attached hydrogen (secondary N) is 1. The van der Waals surface area contributed by atoms with E-state index < -0.39 is 0 Å². The number of fused-ring (bicyclic) bond motifs is 1. The molecule has 0 amide bonds. The van der Waals surface area contributed by atoms with Crippen LogP contribution >= 0.6 is 22.9 Å². The van der Waals surface area contributed by atoms with Gasteiger partial charge in [0.1, 0.15) is 4.83 Å². The Morgan fingerprint density at radius 2 is 2.10 bits per heavy atom. The third kappa shape index (κ3) is 2.15. The van der Waals surface area contributed by atoms with Crippen LogP contribution in [0.1, 0.15) is 9.67 Å². The zero-order valence-electron chi connectivity index (χ0n) is 10.6. The summed E-state index contributed by atoms with van der Waals surface area (Å²) >= 11 is 7.59. The lowest BCUT2D eigenvalue weighted by atomic mass is 10.1. The van der Waals surface area contributed by atoms with E-state index in [2.05, 4.69) is 15.3 Å². The van der Waals surface area contributed by atoms with Crippen molar-refractivity contribution in [3.63, 3.8) is 0 Å². The third-order valence-electron chi connectivity index (χ3n) is 2.88. The van der Waals surface area contributed by atoms with Crippen LogP contribution in [0, 0.1) is 0 Å². The molecule has 0 unspecified atom stereocenters. The zero-order valence-corrected chi connectivity index (χ0v) is 12.1. The van der Waals surface area contributed by atoms with Crippen LogP contribution in [0.4, 0.5) is 5.95 Å². The standard InChI is InChI=1S/C14H10ClN3OS/c1-16-14-17-12(9-4-2-3-5-11(9)15)10-6-8(7-19)20-13(10)18-14/h2-7H,1H3,(H,16,17,18). The minimum atomic E-state index is 0.506. The Labute approximate surface area is 124 Å². The predicted molar refractivity (Wildman–Crippen MR) is 82.8 cm³/mol. The largest absolute Gasteiger partial charge is 0.357 e. The van der Waals surface area contributed by atoms with Crippen LogP contribution in [0.5, 0.6) is 0 Å². The molecule has 0 aliphatic rings. The molecular formula is C14H10ClN3OS. The predicted octanol–water partition coefficient (Wildman–Crippen LogP) is 3.87. The molecule has 1 aromatic carbocycles. The fourth-order valence-corrected chi connectivity index (χ4v) is 3.04. The Hall–Kier alpha value is -1.98. The van der Waals surface area contributed by atoms with Crippen molar-refractivity contribution in [3.8, 4) is 11.3 Å². The van der Waals surface area contributed by atoms with Crippen LogP contribution in [-0.4, -0.2) is 23.3 Å². The zero-order chi connectivity index (χ0) is 14.1. The SMILES string of the molecule is CNc1nc(-c2ccccc2Cl)c2cc(C=O)sc2n1. The van der Waals surface area contributed by atoms with E-state index in [1.54, 1.807) is 13.1 Å². The normalized spacial score (nSPS) is 10.7. The molecular weight excluding hydrogens is 294 g/mol. The fourth-order valence-electron chi connectivity index (χ4n) is 1.97. The van der Waals surface area contributed by atoms with Gasteiger partial charge in [-0.25, -0.2) is 9.97 Å². The van der Waals surface area contributed by atoms with Gasteiger partial charge in [0, 0.05) is 23.0 Å². The maximum absolute atomic E-state index is 11.0. The van der Waals surface area contributed by atoms with Crippen LogP contribution < -0.4 is 5.32 Å². The van der Waals surface area contributed by atoms with Gasteiger partial charge >= 0.3 is 0 Å². The number of thiophene rings is 1. The van der Waals surface area contributed by atoms with Crippen molar-refractivity contribution in [1.29, 1.82) is 0 Å². The number of nitrogens with zero attached hydrogens (tertiary/aromatic N) is 2. The molecule has 0 fully saturated rings. The van der Waals surface area contributed by atoms with Gasteiger partial charge in [-0.05, 0) is 12.1 Å². The van der Waals surface area contributed by atoms with Crippen LogP contribution in [0.15, 0.2) is 30.3 Å². The molecule has 4 nitrogen and oxygen atoms in total. The smallest absolute Gasteiger partial charge is 0.224 e. The van der Waals surface area contributed by atoms with Crippen LogP contribution in [0.25, 0.3) is 21.5 Å². The van der Waals surface area contributed by atoms with Gasteiger partial charge < -0.3 is 5.32 Å². The first-order valence-electron chi connectivity index (χ1n) is 5.92. The van der Waals surface area contributed by atoms with Crippen LogP contribution in [0.3, 0.4) is 0 Å².